The zero-order valence-corrected chi connectivity index (χ0v) is 12.3. The van der Waals surface area contributed by atoms with Gasteiger partial charge in [-0.2, -0.15) is 0 Å². The van der Waals surface area contributed by atoms with Crippen molar-refractivity contribution in [3.8, 4) is 0 Å². The third-order valence-corrected chi connectivity index (χ3v) is 3.86. The first-order valence-electron chi connectivity index (χ1n) is 7.14. The number of carbonyl (C=O) groups excluding carboxylic acids is 2. The summed E-state index contributed by atoms with van der Waals surface area (Å²) in [6, 6.07) is 3.33. The van der Waals surface area contributed by atoms with E-state index in [0.717, 1.165) is 17.9 Å². The normalized spacial score (nSPS) is 21.6. The number of aryl methyl sites for hydroxylation is 1. The molecule has 110 valence electrons. The number of nitrogens with zero attached hydrogens (tertiary/aromatic N) is 1. The molecular formula is C15H22N2O3. The van der Waals surface area contributed by atoms with E-state index in [9.17, 15) is 9.59 Å². The summed E-state index contributed by atoms with van der Waals surface area (Å²) in [5, 5.41) is 2.84. The first-order chi connectivity index (χ1) is 9.51. The van der Waals surface area contributed by atoms with Crippen LogP contribution in [0, 0.1) is 12.8 Å². The molecule has 5 nitrogen and oxygen atoms in total. The van der Waals surface area contributed by atoms with Gasteiger partial charge in [-0.3, -0.25) is 9.59 Å². The number of rotatable bonds is 4. The lowest BCUT2D eigenvalue weighted by Crippen LogP contribution is -2.48. The van der Waals surface area contributed by atoms with Crippen LogP contribution in [0.5, 0.6) is 0 Å². The Morgan fingerprint density at radius 2 is 2.20 bits per heavy atom. The van der Waals surface area contributed by atoms with Gasteiger partial charge in [0.05, 0.1) is 6.54 Å². The van der Waals surface area contributed by atoms with Gasteiger partial charge in [-0.05, 0) is 25.0 Å². The Labute approximate surface area is 119 Å². The third-order valence-electron chi connectivity index (χ3n) is 3.86. The molecule has 0 spiro atoms. The first-order valence-corrected chi connectivity index (χ1v) is 7.14. The fourth-order valence-electron chi connectivity index (χ4n) is 2.39. The quantitative estimate of drug-likeness (QED) is 0.914. The number of nitrogens with one attached hydrogen (secondary N) is 1. The van der Waals surface area contributed by atoms with E-state index >= 15 is 0 Å². The maximum atomic E-state index is 12.6. The van der Waals surface area contributed by atoms with Gasteiger partial charge in [-0.25, -0.2) is 0 Å². The lowest BCUT2D eigenvalue weighted by atomic mass is 9.98. The summed E-state index contributed by atoms with van der Waals surface area (Å²) < 4.78 is 5.53. The largest absolute Gasteiger partial charge is 0.464 e. The topological polar surface area (TPSA) is 62.6 Å². The van der Waals surface area contributed by atoms with Crippen molar-refractivity contribution < 1.29 is 14.0 Å². The van der Waals surface area contributed by atoms with Crippen LogP contribution in [0.3, 0.4) is 0 Å². The third kappa shape index (κ3) is 3.21. The molecule has 0 radical (unpaired) electrons. The molecule has 1 saturated heterocycles. The Hall–Kier alpha value is -1.78. The highest BCUT2D eigenvalue weighted by molar-refractivity contribution is 5.90. The molecule has 2 amide bonds. The highest BCUT2D eigenvalue weighted by atomic mass is 16.3. The van der Waals surface area contributed by atoms with Gasteiger partial charge in [0.1, 0.15) is 17.6 Å². The molecule has 1 fully saturated rings. The van der Waals surface area contributed by atoms with Crippen LogP contribution >= 0.6 is 0 Å². The lowest BCUT2D eigenvalue weighted by Gasteiger charge is -2.26. The Bertz CT molecular complexity index is 495. The minimum absolute atomic E-state index is 0.0146. The summed E-state index contributed by atoms with van der Waals surface area (Å²) in [6.45, 7) is 6.76. The van der Waals surface area contributed by atoms with Crippen LogP contribution in [0.15, 0.2) is 16.5 Å². The predicted molar refractivity (Wildman–Crippen MR) is 74.9 cm³/mol. The molecule has 0 aliphatic carbocycles. The molecule has 2 rings (SSSR count). The Kier molecular flexibility index (Phi) is 4.47. The van der Waals surface area contributed by atoms with E-state index in [0.29, 0.717) is 19.5 Å². The van der Waals surface area contributed by atoms with E-state index in [1.54, 1.807) is 4.90 Å². The maximum Gasteiger partial charge on any atom is 0.245 e. The van der Waals surface area contributed by atoms with Crippen LogP contribution in [0.2, 0.25) is 0 Å². The molecule has 2 unspecified atom stereocenters. The second-order valence-corrected chi connectivity index (χ2v) is 5.45. The number of furan rings is 1. The zero-order valence-electron chi connectivity index (χ0n) is 12.3. The van der Waals surface area contributed by atoms with Crippen molar-refractivity contribution in [2.24, 2.45) is 5.92 Å². The van der Waals surface area contributed by atoms with Crippen molar-refractivity contribution in [1.82, 2.24) is 10.2 Å². The standard InChI is InChI=1S/C15H22N2O3/c1-4-10(2)14-15(19)17(8-7-13(18)16-14)9-12-6-5-11(3)20-12/h5-6,10,14H,4,7-9H2,1-3H3,(H,16,18). The Balaban J connectivity index is 2.14. The molecule has 1 N–H and O–H groups in total. The smallest absolute Gasteiger partial charge is 0.245 e. The second kappa shape index (κ2) is 6.11. The van der Waals surface area contributed by atoms with Gasteiger partial charge < -0.3 is 14.6 Å². The average Bonchev–Trinajstić information content (AvgIpc) is 2.78. The van der Waals surface area contributed by atoms with Crippen molar-refractivity contribution in [1.29, 1.82) is 0 Å². The molecule has 1 aromatic rings. The Morgan fingerprint density at radius 3 is 2.80 bits per heavy atom. The van der Waals surface area contributed by atoms with E-state index in [1.807, 2.05) is 32.9 Å². The summed E-state index contributed by atoms with van der Waals surface area (Å²) in [6.07, 6.45) is 1.20. The van der Waals surface area contributed by atoms with Crippen molar-refractivity contribution >= 4 is 11.8 Å². The van der Waals surface area contributed by atoms with Gasteiger partial charge >= 0.3 is 0 Å². The molecule has 20 heavy (non-hydrogen) atoms. The van der Waals surface area contributed by atoms with E-state index in [2.05, 4.69) is 5.32 Å². The fourth-order valence-corrected chi connectivity index (χ4v) is 2.39. The lowest BCUT2D eigenvalue weighted by molar-refractivity contribution is -0.135. The molecule has 5 heteroatoms. The van der Waals surface area contributed by atoms with Gasteiger partial charge in [0.15, 0.2) is 0 Å². The highest BCUT2D eigenvalue weighted by Gasteiger charge is 2.33. The van der Waals surface area contributed by atoms with Crippen molar-refractivity contribution in [2.45, 2.75) is 46.2 Å². The van der Waals surface area contributed by atoms with E-state index < -0.39 is 6.04 Å². The van der Waals surface area contributed by atoms with E-state index in [1.165, 1.54) is 0 Å². The van der Waals surface area contributed by atoms with Crippen LogP contribution in [0.4, 0.5) is 0 Å². The van der Waals surface area contributed by atoms with Gasteiger partial charge in [0.25, 0.3) is 0 Å². The summed E-state index contributed by atoms with van der Waals surface area (Å²) in [4.78, 5) is 26.0. The zero-order chi connectivity index (χ0) is 14.7. The number of hydrogen-bond acceptors (Lipinski definition) is 3. The Morgan fingerprint density at radius 1 is 1.45 bits per heavy atom. The van der Waals surface area contributed by atoms with Crippen LogP contribution < -0.4 is 5.32 Å². The monoisotopic (exact) mass is 278 g/mol. The molecule has 2 heterocycles. The SMILES string of the molecule is CCC(C)C1NC(=O)CCN(Cc2ccc(C)o2)C1=O. The minimum atomic E-state index is -0.425. The van der Waals surface area contributed by atoms with Crippen LogP contribution in [0.25, 0.3) is 0 Å². The van der Waals surface area contributed by atoms with E-state index in [-0.39, 0.29) is 17.7 Å². The van der Waals surface area contributed by atoms with Crippen LogP contribution in [-0.4, -0.2) is 29.3 Å². The molecule has 1 aromatic heterocycles. The first kappa shape index (κ1) is 14.6. The summed E-state index contributed by atoms with van der Waals surface area (Å²) in [5.74, 6) is 1.65. The van der Waals surface area contributed by atoms with Crippen molar-refractivity contribution in [3.63, 3.8) is 0 Å². The minimum Gasteiger partial charge on any atom is -0.464 e. The fraction of sp³-hybridized carbons (Fsp3) is 0.600. The summed E-state index contributed by atoms with van der Waals surface area (Å²) >= 11 is 0. The summed E-state index contributed by atoms with van der Waals surface area (Å²) in [7, 11) is 0. The van der Waals surface area contributed by atoms with Gasteiger partial charge in [0, 0.05) is 13.0 Å². The molecule has 0 saturated carbocycles. The second-order valence-electron chi connectivity index (χ2n) is 5.45. The van der Waals surface area contributed by atoms with Gasteiger partial charge in [-0.1, -0.05) is 20.3 Å². The van der Waals surface area contributed by atoms with Gasteiger partial charge in [0.2, 0.25) is 11.8 Å². The number of amides is 2. The summed E-state index contributed by atoms with van der Waals surface area (Å²) in [5.41, 5.74) is 0. The molecular weight excluding hydrogens is 256 g/mol. The van der Waals surface area contributed by atoms with Crippen LogP contribution in [0.1, 0.15) is 38.2 Å². The van der Waals surface area contributed by atoms with Crippen molar-refractivity contribution in [3.05, 3.63) is 23.7 Å². The number of hydrogen-bond donors (Lipinski definition) is 1. The molecule has 1 aliphatic rings. The molecule has 0 aromatic carbocycles. The maximum absolute atomic E-state index is 12.6. The molecule has 2 atom stereocenters. The average molecular weight is 278 g/mol. The highest BCUT2D eigenvalue weighted by Crippen LogP contribution is 2.17. The number of carbonyl (C=O) groups is 2. The van der Waals surface area contributed by atoms with E-state index in [4.69, 9.17) is 4.42 Å². The van der Waals surface area contributed by atoms with Crippen molar-refractivity contribution in [2.75, 3.05) is 6.54 Å². The molecule has 1 aliphatic heterocycles. The van der Waals surface area contributed by atoms with Crippen LogP contribution in [-0.2, 0) is 16.1 Å². The van der Waals surface area contributed by atoms with Gasteiger partial charge in [-0.15, -0.1) is 0 Å². The molecule has 0 bridgehead atoms. The predicted octanol–water partition coefficient (Wildman–Crippen LogP) is 1.85.